The summed E-state index contributed by atoms with van der Waals surface area (Å²) in [5, 5.41) is 7.95. The van der Waals surface area contributed by atoms with Gasteiger partial charge in [0.25, 0.3) is 0 Å². The fourth-order valence-electron chi connectivity index (χ4n) is 2.44. The highest BCUT2D eigenvalue weighted by molar-refractivity contribution is 7.99. The standard InChI is InChI=1S/C13H23N3S/c1-11(17-2)4-8-16-9-5-12(6-10-16)13-3-7-14-15-13/h3,7,11-12H,4-6,8-10H2,1-2H3,(H,14,15)/t11-/m0/s1. The van der Waals surface area contributed by atoms with E-state index in [0.29, 0.717) is 5.92 Å². The van der Waals surface area contributed by atoms with Crippen LogP contribution in [0.4, 0.5) is 0 Å². The van der Waals surface area contributed by atoms with Crippen molar-refractivity contribution in [1.29, 1.82) is 0 Å². The lowest BCUT2D eigenvalue weighted by atomic mass is 9.93. The number of nitrogens with one attached hydrogen (secondary N) is 1. The number of hydrogen-bond donors (Lipinski definition) is 1. The van der Waals surface area contributed by atoms with Gasteiger partial charge in [-0.05, 0) is 51.2 Å². The molecule has 1 fully saturated rings. The summed E-state index contributed by atoms with van der Waals surface area (Å²) in [5.74, 6) is 0.701. The van der Waals surface area contributed by atoms with Crippen LogP contribution in [0.5, 0.6) is 0 Å². The van der Waals surface area contributed by atoms with Gasteiger partial charge in [0.1, 0.15) is 0 Å². The van der Waals surface area contributed by atoms with Crippen molar-refractivity contribution < 1.29 is 0 Å². The van der Waals surface area contributed by atoms with Crippen molar-refractivity contribution in [3.8, 4) is 0 Å². The van der Waals surface area contributed by atoms with Gasteiger partial charge in [0.15, 0.2) is 0 Å². The lowest BCUT2D eigenvalue weighted by Crippen LogP contribution is -2.34. The maximum atomic E-state index is 4.05. The highest BCUT2D eigenvalue weighted by Crippen LogP contribution is 2.26. The zero-order valence-electron chi connectivity index (χ0n) is 10.9. The van der Waals surface area contributed by atoms with Gasteiger partial charge in [-0.1, -0.05) is 6.92 Å². The maximum Gasteiger partial charge on any atom is 0.0490 e. The minimum Gasteiger partial charge on any atom is -0.303 e. The highest BCUT2D eigenvalue weighted by atomic mass is 32.2. The fraction of sp³-hybridized carbons (Fsp3) is 0.769. The van der Waals surface area contributed by atoms with E-state index in [1.807, 2.05) is 18.0 Å². The number of H-pyrrole nitrogens is 1. The van der Waals surface area contributed by atoms with Crippen molar-refractivity contribution in [3.63, 3.8) is 0 Å². The van der Waals surface area contributed by atoms with Crippen molar-refractivity contribution in [3.05, 3.63) is 18.0 Å². The molecule has 0 radical (unpaired) electrons. The summed E-state index contributed by atoms with van der Waals surface area (Å²) in [4.78, 5) is 2.61. The van der Waals surface area contributed by atoms with E-state index in [2.05, 4.69) is 34.3 Å². The van der Waals surface area contributed by atoms with E-state index in [-0.39, 0.29) is 0 Å². The van der Waals surface area contributed by atoms with Gasteiger partial charge in [0.2, 0.25) is 0 Å². The third-order valence-electron chi connectivity index (χ3n) is 3.80. The number of nitrogens with zero attached hydrogens (tertiary/aromatic N) is 2. The molecule has 0 saturated carbocycles. The van der Waals surface area contributed by atoms with Crippen LogP contribution in [0.3, 0.4) is 0 Å². The second-order valence-corrected chi connectivity index (χ2v) is 6.24. The third-order valence-corrected chi connectivity index (χ3v) is 4.84. The van der Waals surface area contributed by atoms with Gasteiger partial charge < -0.3 is 4.90 Å². The molecule has 1 N–H and O–H groups in total. The highest BCUT2D eigenvalue weighted by Gasteiger charge is 2.21. The van der Waals surface area contributed by atoms with Gasteiger partial charge in [0.05, 0.1) is 0 Å². The molecule has 1 aliphatic heterocycles. The molecule has 1 saturated heterocycles. The van der Waals surface area contributed by atoms with Crippen LogP contribution < -0.4 is 0 Å². The van der Waals surface area contributed by atoms with Gasteiger partial charge in [-0.3, -0.25) is 5.10 Å². The van der Waals surface area contributed by atoms with Crippen LogP contribution in [-0.4, -0.2) is 46.2 Å². The predicted molar refractivity (Wildman–Crippen MR) is 74.6 cm³/mol. The summed E-state index contributed by atoms with van der Waals surface area (Å²) in [6, 6.07) is 2.12. The monoisotopic (exact) mass is 253 g/mol. The van der Waals surface area contributed by atoms with Gasteiger partial charge >= 0.3 is 0 Å². The SMILES string of the molecule is CS[C@@H](C)CCN1CCC(c2ccn[nH]2)CC1. The zero-order valence-corrected chi connectivity index (χ0v) is 11.7. The molecule has 1 atom stereocenters. The van der Waals surface area contributed by atoms with E-state index in [1.54, 1.807) is 0 Å². The van der Waals surface area contributed by atoms with Gasteiger partial charge in [-0.15, -0.1) is 0 Å². The van der Waals surface area contributed by atoms with Crippen LogP contribution in [-0.2, 0) is 0 Å². The summed E-state index contributed by atoms with van der Waals surface area (Å²) in [6.45, 7) is 6.06. The molecule has 0 spiro atoms. The number of rotatable bonds is 5. The molecule has 0 aromatic carbocycles. The average Bonchev–Trinajstić information content (AvgIpc) is 2.90. The molecule has 1 aliphatic rings. The molecule has 17 heavy (non-hydrogen) atoms. The molecule has 0 amide bonds. The summed E-state index contributed by atoms with van der Waals surface area (Å²) in [6.07, 6.45) is 7.93. The predicted octanol–water partition coefficient (Wildman–Crippen LogP) is 2.73. The molecule has 0 unspecified atom stereocenters. The van der Waals surface area contributed by atoms with E-state index in [0.717, 1.165) is 5.25 Å². The van der Waals surface area contributed by atoms with Crippen molar-refractivity contribution >= 4 is 11.8 Å². The van der Waals surface area contributed by atoms with E-state index in [4.69, 9.17) is 0 Å². The summed E-state index contributed by atoms with van der Waals surface area (Å²) in [5.41, 5.74) is 1.32. The first kappa shape index (κ1) is 13.0. The number of thioether (sulfide) groups is 1. The van der Waals surface area contributed by atoms with E-state index in [9.17, 15) is 0 Å². The van der Waals surface area contributed by atoms with Crippen molar-refractivity contribution in [2.45, 2.75) is 37.4 Å². The topological polar surface area (TPSA) is 31.9 Å². The average molecular weight is 253 g/mol. The molecule has 4 heteroatoms. The normalized spacial score (nSPS) is 20.6. The lowest BCUT2D eigenvalue weighted by Gasteiger charge is -2.31. The minimum atomic E-state index is 0.701. The summed E-state index contributed by atoms with van der Waals surface area (Å²) < 4.78 is 0. The molecular weight excluding hydrogens is 230 g/mol. The van der Waals surface area contributed by atoms with Crippen LogP contribution in [0, 0.1) is 0 Å². The fourth-order valence-corrected chi connectivity index (χ4v) is 2.78. The molecular formula is C13H23N3S. The summed E-state index contributed by atoms with van der Waals surface area (Å²) >= 11 is 1.97. The molecule has 1 aromatic heterocycles. The molecule has 2 rings (SSSR count). The van der Waals surface area contributed by atoms with E-state index >= 15 is 0 Å². The third kappa shape index (κ3) is 3.75. The minimum absolute atomic E-state index is 0.701. The number of likely N-dealkylation sites (tertiary alicyclic amines) is 1. The molecule has 2 heterocycles. The number of aromatic nitrogens is 2. The smallest absolute Gasteiger partial charge is 0.0490 e. The van der Waals surface area contributed by atoms with Gasteiger partial charge in [0, 0.05) is 23.1 Å². The summed E-state index contributed by atoms with van der Waals surface area (Å²) in [7, 11) is 0. The van der Waals surface area contributed by atoms with Crippen LogP contribution in [0.2, 0.25) is 0 Å². The Morgan fingerprint density at radius 3 is 2.88 bits per heavy atom. The van der Waals surface area contributed by atoms with Crippen LogP contribution in [0.15, 0.2) is 12.3 Å². The second-order valence-electron chi connectivity index (χ2n) is 4.96. The number of aromatic amines is 1. The Bertz CT molecular complexity index is 304. The Balaban J connectivity index is 1.71. The lowest BCUT2D eigenvalue weighted by molar-refractivity contribution is 0.209. The quantitative estimate of drug-likeness (QED) is 0.875. The van der Waals surface area contributed by atoms with Crippen molar-refractivity contribution in [2.24, 2.45) is 0 Å². The first-order valence-electron chi connectivity index (χ1n) is 6.54. The van der Waals surface area contributed by atoms with Gasteiger partial charge in [-0.2, -0.15) is 16.9 Å². The first-order chi connectivity index (χ1) is 8.29. The molecule has 3 nitrogen and oxygen atoms in total. The number of hydrogen-bond acceptors (Lipinski definition) is 3. The number of piperidine rings is 1. The van der Waals surface area contributed by atoms with Gasteiger partial charge in [-0.25, -0.2) is 0 Å². The Morgan fingerprint density at radius 1 is 1.53 bits per heavy atom. The second kappa shape index (κ2) is 6.45. The zero-order chi connectivity index (χ0) is 12.1. The van der Waals surface area contributed by atoms with E-state index < -0.39 is 0 Å². The molecule has 0 bridgehead atoms. The van der Waals surface area contributed by atoms with Crippen molar-refractivity contribution in [1.82, 2.24) is 15.1 Å². The van der Waals surface area contributed by atoms with Crippen LogP contribution in [0.1, 0.15) is 37.8 Å². The van der Waals surface area contributed by atoms with E-state index in [1.165, 1.54) is 44.6 Å². The van der Waals surface area contributed by atoms with Crippen LogP contribution >= 0.6 is 11.8 Å². The largest absolute Gasteiger partial charge is 0.303 e. The van der Waals surface area contributed by atoms with Crippen LogP contribution in [0.25, 0.3) is 0 Å². The molecule has 0 aliphatic carbocycles. The maximum absolute atomic E-state index is 4.05. The molecule has 1 aromatic rings. The Morgan fingerprint density at radius 2 is 2.29 bits per heavy atom. The first-order valence-corrected chi connectivity index (χ1v) is 7.83. The van der Waals surface area contributed by atoms with Crippen molar-refractivity contribution in [2.75, 3.05) is 25.9 Å². The Kier molecular flexibility index (Phi) is 4.92. The Labute approximate surface area is 108 Å². The molecule has 96 valence electrons. The Hall–Kier alpha value is -0.480.